The fourth-order valence-corrected chi connectivity index (χ4v) is 2.37. The van der Waals surface area contributed by atoms with Gasteiger partial charge in [-0.05, 0) is 49.0 Å². The quantitative estimate of drug-likeness (QED) is 0.259. The Labute approximate surface area is 179 Å². The summed E-state index contributed by atoms with van der Waals surface area (Å²) in [6.45, 7) is 7.46. The molecule has 160 valence electrons. The monoisotopic (exact) mass is 409 g/mol. The van der Waals surface area contributed by atoms with Crippen molar-refractivity contribution in [2.24, 2.45) is 0 Å². The molecule has 0 aliphatic carbocycles. The maximum Gasteiger partial charge on any atom is 0.335 e. The van der Waals surface area contributed by atoms with Gasteiger partial charge in [0.05, 0.1) is 11.6 Å². The van der Waals surface area contributed by atoms with E-state index in [-0.39, 0.29) is 5.57 Å². The van der Waals surface area contributed by atoms with E-state index in [9.17, 15) is 14.7 Å². The Morgan fingerprint density at radius 1 is 1.00 bits per heavy atom. The predicted octanol–water partition coefficient (Wildman–Crippen LogP) is 6.17. The first-order chi connectivity index (χ1) is 14.4. The van der Waals surface area contributed by atoms with Crippen LogP contribution < -0.4 is 0 Å². The average molecular weight is 410 g/mol. The van der Waals surface area contributed by atoms with E-state index in [0.29, 0.717) is 24.0 Å². The van der Waals surface area contributed by atoms with Gasteiger partial charge in [0, 0.05) is 11.6 Å². The molecule has 1 aromatic carbocycles. The lowest BCUT2D eigenvalue weighted by Crippen LogP contribution is -2.02. The minimum Gasteiger partial charge on any atom is -0.478 e. The molecule has 0 amide bonds. The Bertz CT molecular complexity index is 811. The number of hydrogen-bond acceptors (Lipinski definition) is 3. The molecule has 0 bridgehead atoms. The van der Waals surface area contributed by atoms with Gasteiger partial charge in [-0.3, -0.25) is 0 Å². The molecule has 0 heterocycles. The van der Waals surface area contributed by atoms with Crippen LogP contribution in [0.2, 0.25) is 0 Å². The normalized spacial score (nSPS) is 11.4. The third-order valence-corrected chi connectivity index (χ3v) is 4.11. The standard InChI is InChI=1S/C18H19NO2.C7H12O2/c1-2-3-10-16(11-7-14-19)17(18(20)21)13-12-15-8-5-4-6-9-15;1-3-4-5-6(2)7(8)9/h4-9,11-13H,2-3,10H2,1H3,(H,20,21);2-5H2,1H3,(H,8,9). The molecule has 0 fully saturated rings. The summed E-state index contributed by atoms with van der Waals surface area (Å²) in [5, 5.41) is 26.3. The second kappa shape index (κ2) is 16.6. The Morgan fingerprint density at radius 3 is 2.10 bits per heavy atom. The molecule has 1 aromatic rings. The lowest BCUT2D eigenvalue weighted by molar-refractivity contribution is -0.133. The first kappa shape index (κ1) is 26.6. The number of unbranched alkanes of at least 4 members (excludes halogenated alkanes) is 2. The highest BCUT2D eigenvalue weighted by atomic mass is 16.4. The lowest BCUT2D eigenvalue weighted by Gasteiger charge is -2.05. The van der Waals surface area contributed by atoms with E-state index >= 15 is 0 Å². The summed E-state index contributed by atoms with van der Waals surface area (Å²) in [5.41, 5.74) is 2.17. The minimum atomic E-state index is -0.976. The second-order valence-electron chi connectivity index (χ2n) is 6.57. The molecular formula is C25H31NO4. The van der Waals surface area contributed by atoms with Gasteiger partial charge in [0.1, 0.15) is 0 Å². The first-order valence-electron chi connectivity index (χ1n) is 10.0. The van der Waals surface area contributed by atoms with Crippen molar-refractivity contribution >= 4 is 18.0 Å². The van der Waals surface area contributed by atoms with Gasteiger partial charge in [-0.15, -0.1) is 0 Å². The third kappa shape index (κ3) is 12.1. The van der Waals surface area contributed by atoms with Crippen LogP contribution in [-0.4, -0.2) is 22.2 Å². The third-order valence-electron chi connectivity index (χ3n) is 4.11. The highest BCUT2D eigenvalue weighted by Crippen LogP contribution is 2.17. The molecule has 0 saturated heterocycles. The molecule has 1 rings (SSSR count). The molecule has 5 nitrogen and oxygen atoms in total. The summed E-state index contributed by atoms with van der Waals surface area (Å²) in [5.74, 6) is -1.85. The molecule has 0 aromatic heterocycles. The van der Waals surface area contributed by atoms with E-state index in [1.165, 1.54) is 6.08 Å². The zero-order chi connectivity index (χ0) is 22.8. The Morgan fingerprint density at radius 2 is 1.60 bits per heavy atom. The molecule has 2 N–H and O–H groups in total. The SMILES string of the molecule is C=C(CCCC)C(=O)O.CCCCC(C=CC#N)=C(C=Cc1ccccc1)C(=O)O. The van der Waals surface area contributed by atoms with Gasteiger partial charge in [0.25, 0.3) is 0 Å². The molecule has 0 unspecified atom stereocenters. The molecule has 0 aliphatic rings. The van der Waals surface area contributed by atoms with E-state index in [2.05, 4.69) is 6.58 Å². The number of nitriles is 1. The molecule has 0 aliphatic heterocycles. The Hall–Kier alpha value is -3.39. The van der Waals surface area contributed by atoms with Crippen LogP contribution in [0.4, 0.5) is 0 Å². The van der Waals surface area contributed by atoms with Crippen molar-refractivity contribution in [1.82, 2.24) is 0 Å². The Kier molecular flexibility index (Phi) is 14.7. The zero-order valence-corrected chi connectivity index (χ0v) is 17.8. The van der Waals surface area contributed by atoms with Gasteiger partial charge < -0.3 is 10.2 Å². The number of carboxylic acids is 2. The number of carbonyl (C=O) groups is 2. The van der Waals surface area contributed by atoms with Crippen molar-refractivity contribution in [3.05, 3.63) is 77.4 Å². The topological polar surface area (TPSA) is 98.4 Å². The fourth-order valence-electron chi connectivity index (χ4n) is 2.37. The minimum absolute atomic E-state index is 0.235. The van der Waals surface area contributed by atoms with Crippen LogP contribution >= 0.6 is 0 Å². The van der Waals surface area contributed by atoms with E-state index in [4.69, 9.17) is 10.4 Å². The number of allylic oxidation sites excluding steroid dienone is 3. The summed E-state index contributed by atoms with van der Waals surface area (Å²) in [6.07, 6.45) is 11.4. The summed E-state index contributed by atoms with van der Waals surface area (Å²) in [4.78, 5) is 21.6. The van der Waals surface area contributed by atoms with Crippen LogP contribution in [0.15, 0.2) is 71.9 Å². The summed E-state index contributed by atoms with van der Waals surface area (Å²) < 4.78 is 0. The van der Waals surface area contributed by atoms with Gasteiger partial charge in [-0.25, -0.2) is 9.59 Å². The second-order valence-corrected chi connectivity index (χ2v) is 6.57. The zero-order valence-electron chi connectivity index (χ0n) is 17.8. The fraction of sp³-hybridized carbons (Fsp3) is 0.320. The average Bonchev–Trinajstić information content (AvgIpc) is 2.74. The summed E-state index contributed by atoms with van der Waals surface area (Å²) in [7, 11) is 0. The maximum atomic E-state index is 11.5. The molecule has 0 atom stereocenters. The molecular weight excluding hydrogens is 378 g/mol. The van der Waals surface area contributed by atoms with Crippen molar-refractivity contribution in [3.63, 3.8) is 0 Å². The molecule has 0 spiro atoms. The summed E-state index contributed by atoms with van der Waals surface area (Å²) >= 11 is 0. The van der Waals surface area contributed by atoms with Crippen LogP contribution in [0.5, 0.6) is 0 Å². The predicted molar refractivity (Wildman–Crippen MR) is 121 cm³/mol. The molecule has 0 radical (unpaired) electrons. The van der Waals surface area contributed by atoms with E-state index in [1.807, 2.05) is 50.2 Å². The highest BCUT2D eigenvalue weighted by Gasteiger charge is 2.09. The van der Waals surface area contributed by atoms with E-state index in [1.54, 1.807) is 18.2 Å². The number of aliphatic carboxylic acids is 2. The van der Waals surface area contributed by atoms with Gasteiger partial charge >= 0.3 is 11.9 Å². The van der Waals surface area contributed by atoms with Gasteiger partial charge in [-0.2, -0.15) is 5.26 Å². The van der Waals surface area contributed by atoms with Gasteiger partial charge in [0.2, 0.25) is 0 Å². The highest BCUT2D eigenvalue weighted by molar-refractivity contribution is 5.92. The number of rotatable bonds is 11. The lowest BCUT2D eigenvalue weighted by atomic mass is 10.0. The largest absolute Gasteiger partial charge is 0.478 e. The van der Waals surface area contributed by atoms with Crippen molar-refractivity contribution in [2.75, 3.05) is 0 Å². The smallest absolute Gasteiger partial charge is 0.335 e. The van der Waals surface area contributed by atoms with Crippen molar-refractivity contribution in [2.45, 2.75) is 52.4 Å². The number of carboxylic acid groups (broad SMARTS) is 2. The molecule has 0 saturated carbocycles. The number of hydrogen-bond donors (Lipinski definition) is 2. The van der Waals surface area contributed by atoms with Gasteiger partial charge in [-0.1, -0.05) is 69.7 Å². The van der Waals surface area contributed by atoms with Crippen LogP contribution in [0, 0.1) is 11.3 Å². The van der Waals surface area contributed by atoms with Crippen LogP contribution in [0.25, 0.3) is 6.08 Å². The Balaban J connectivity index is 0.000000787. The number of benzene rings is 1. The first-order valence-corrected chi connectivity index (χ1v) is 10.0. The van der Waals surface area contributed by atoms with Crippen LogP contribution in [-0.2, 0) is 9.59 Å². The van der Waals surface area contributed by atoms with Crippen molar-refractivity contribution in [1.29, 1.82) is 5.26 Å². The van der Waals surface area contributed by atoms with Crippen LogP contribution in [0.1, 0.15) is 57.9 Å². The maximum absolute atomic E-state index is 11.5. The van der Waals surface area contributed by atoms with Crippen molar-refractivity contribution < 1.29 is 19.8 Å². The number of nitrogens with zero attached hydrogens (tertiary/aromatic N) is 1. The van der Waals surface area contributed by atoms with Crippen LogP contribution in [0.3, 0.4) is 0 Å². The summed E-state index contributed by atoms with van der Waals surface area (Å²) in [6, 6.07) is 11.4. The van der Waals surface area contributed by atoms with Gasteiger partial charge in [0.15, 0.2) is 0 Å². The van der Waals surface area contributed by atoms with E-state index in [0.717, 1.165) is 31.2 Å². The van der Waals surface area contributed by atoms with Crippen molar-refractivity contribution in [3.8, 4) is 6.07 Å². The van der Waals surface area contributed by atoms with E-state index < -0.39 is 11.9 Å². The molecule has 30 heavy (non-hydrogen) atoms. The molecule has 5 heteroatoms.